The van der Waals surface area contributed by atoms with Crippen molar-refractivity contribution < 1.29 is 4.79 Å². The van der Waals surface area contributed by atoms with Gasteiger partial charge in [0.05, 0.1) is 12.0 Å². The normalized spacial score (nSPS) is 17.8. The van der Waals surface area contributed by atoms with Gasteiger partial charge in [-0.05, 0) is 26.2 Å². The molecule has 0 radical (unpaired) electrons. The zero-order valence-electron chi connectivity index (χ0n) is 8.79. The number of nitriles is 1. The fourth-order valence-electron chi connectivity index (χ4n) is 1.37. The highest BCUT2D eigenvalue weighted by atomic mass is 16.2. The summed E-state index contributed by atoms with van der Waals surface area (Å²) in [4.78, 5) is 13.1. The fraction of sp³-hybridized carbons (Fsp3) is 0.800. The van der Waals surface area contributed by atoms with Crippen LogP contribution in [0.15, 0.2) is 0 Å². The first-order chi connectivity index (χ1) is 6.63. The van der Waals surface area contributed by atoms with Gasteiger partial charge in [0.2, 0.25) is 0 Å². The molecule has 0 spiro atoms. The first kappa shape index (κ1) is 10.8. The molecule has 0 bridgehead atoms. The Bertz CT molecular complexity index is 242. The maximum atomic E-state index is 11.5. The van der Waals surface area contributed by atoms with Crippen molar-refractivity contribution in [2.24, 2.45) is 5.92 Å². The number of carbonyl (C=O) groups excluding carboxylic acids is 1. The van der Waals surface area contributed by atoms with Crippen molar-refractivity contribution in [3.63, 3.8) is 0 Å². The molecular weight excluding hydrogens is 178 g/mol. The van der Waals surface area contributed by atoms with Crippen LogP contribution >= 0.6 is 0 Å². The van der Waals surface area contributed by atoms with Gasteiger partial charge in [0, 0.05) is 19.6 Å². The van der Waals surface area contributed by atoms with E-state index in [2.05, 4.69) is 11.4 Å². The molecule has 1 unspecified atom stereocenters. The Morgan fingerprint density at radius 1 is 1.71 bits per heavy atom. The Morgan fingerprint density at radius 2 is 2.36 bits per heavy atom. The lowest BCUT2D eigenvalue weighted by Crippen LogP contribution is -2.46. The van der Waals surface area contributed by atoms with Gasteiger partial charge in [-0.25, -0.2) is 4.79 Å². The van der Waals surface area contributed by atoms with E-state index in [9.17, 15) is 4.79 Å². The third kappa shape index (κ3) is 2.91. The van der Waals surface area contributed by atoms with E-state index in [0.717, 1.165) is 12.8 Å². The predicted molar refractivity (Wildman–Crippen MR) is 53.6 cm³/mol. The van der Waals surface area contributed by atoms with Gasteiger partial charge in [0.25, 0.3) is 0 Å². The molecule has 0 aromatic heterocycles. The van der Waals surface area contributed by atoms with Crippen LogP contribution in [0.1, 0.15) is 26.2 Å². The van der Waals surface area contributed by atoms with Crippen molar-refractivity contribution in [2.75, 3.05) is 13.6 Å². The third-order valence-electron chi connectivity index (χ3n) is 2.55. The average Bonchev–Trinajstić information content (AvgIpc) is 2.10. The van der Waals surface area contributed by atoms with Crippen molar-refractivity contribution in [2.45, 2.75) is 32.2 Å². The summed E-state index contributed by atoms with van der Waals surface area (Å²) in [7, 11) is 1.72. The minimum atomic E-state index is -0.104. The van der Waals surface area contributed by atoms with Gasteiger partial charge in [-0.3, -0.25) is 0 Å². The standard InChI is InChI=1S/C10H17N3O/c1-8(6-11)7-13(2)10(14)12-9-4-3-5-9/h8-9H,3-5,7H2,1-2H3,(H,12,14). The lowest BCUT2D eigenvalue weighted by atomic mass is 9.93. The zero-order valence-corrected chi connectivity index (χ0v) is 8.79. The van der Waals surface area contributed by atoms with Crippen LogP contribution in [0.4, 0.5) is 4.79 Å². The van der Waals surface area contributed by atoms with E-state index in [4.69, 9.17) is 5.26 Å². The number of nitrogens with zero attached hydrogens (tertiary/aromatic N) is 2. The number of nitrogens with one attached hydrogen (secondary N) is 1. The molecule has 0 aromatic rings. The van der Waals surface area contributed by atoms with Crippen molar-refractivity contribution in [3.8, 4) is 6.07 Å². The van der Waals surface area contributed by atoms with E-state index in [1.807, 2.05) is 6.92 Å². The number of carbonyl (C=O) groups is 1. The van der Waals surface area contributed by atoms with E-state index in [0.29, 0.717) is 12.6 Å². The Hall–Kier alpha value is -1.24. The maximum Gasteiger partial charge on any atom is 0.317 e. The lowest BCUT2D eigenvalue weighted by Gasteiger charge is -2.29. The highest BCUT2D eigenvalue weighted by molar-refractivity contribution is 5.74. The number of hydrogen-bond donors (Lipinski definition) is 1. The largest absolute Gasteiger partial charge is 0.335 e. The first-order valence-electron chi connectivity index (χ1n) is 5.04. The molecule has 1 fully saturated rings. The van der Waals surface area contributed by atoms with E-state index in [1.165, 1.54) is 6.42 Å². The topological polar surface area (TPSA) is 56.1 Å². The molecule has 0 heterocycles. The molecule has 2 amide bonds. The van der Waals surface area contributed by atoms with Gasteiger partial charge in [0.1, 0.15) is 0 Å². The summed E-state index contributed by atoms with van der Waals surface area (Å²) in [6, 6.07) is 2.42. The molecule has 4 nitrogen and oxygen atoms in total. The summed E-state index contributed by atoms with van der Waals surface area (Å²) in [5.41, 5.74) is 0. The highest BCUT2D eigenvalue weighted by Gasteiger charge is 2.21. The third-order valence-corrected chi connectivity index (χ3v) is 2.55. The van der Waals surface area contributed by atoms with Gasteiger partial charge >= 0.3 is 6.03 Å². The van der Waals surface area contributed by atoms with Crippen molar-refractivity contribution in [1.82, 2.24) is 10.2 Å². The van der Waals surface area contributed by atoms with Crippen LogP contribution < -0.4 is 5.32 Å². The summed E-state index contributed by atoms with van der Waals surface area (Å²) in [6.07, 6.45) is 3.39. The van der Waals surface area contributed by atoms with Crippen LogP contribution in [0.5, 0.6) is 0 Å². The molecule has 1 N–H and O–H groups in total. The molecular formula is C10H17N3O. The second-order valence-corrected chi connectivity index (χ2v) is 3.99. The molecule has 0 aromatic carbocycles. The minimum Gasteiger partial charge on any atom is -0.335 e. The number of hydrogen-bond acceptors (Lipinski definition) is 2. The van der Waals surface area contributed by atoms with E-state index >= 15 is 0 Å². The van der Waals surface area contributed by atoms with E-state index < -0.39 is 0 Å². The number of rotatable bonds is 3. The predicted octanol–water partition coefficient (Wildman–Crippen LogP) is 1.34. The molecule has 0 aliphatic heterocycles. The summed E-state index contributed by atoms with van der Waals surface area (Å²) in [6.45, 7) is 2.31. The van der Waals surface area contributed by atoms with Crippen LogP contribution in [0.25, 0.3) is 0 Å². The molecule has 1 aliphatic rings. The quantitative estimate of drug-likeness (QED) is 0.738. The maximum absolute atomic E-state index is 11.5. The van der Waals surface area contributed by atoms with Gasteiger partial charge in [-0.2, -0.15) is 5.26 Å². The monoisotopic (exact) mass is 195 g/mol. The molecule has 4 heteroatoms. The minimum absolute atomic E-state index is 0.0585. The Labute approximate surface area is 84.9 Å². The van der Waals surface area contributed by atoms with Crippen LogP contribution in [0, 0.1) is 17.2 Å². The Kier molecular flexibility index (Phi) is 3.75. The van der Waals surface area contributed by atoms with Crippen molar-refractivity contribution in [1.29, 1.82) is 5.26 Å². The van der Waals surface area contributed by atoms with Crippen LogP contribution in [0.2, 0.25) is 0 Å². The van der Waals surface area contributed by atoms with Gasteiger partial charge in [-0.15, -0.1) is 0 Å². The second-order valence-electron chi connectivity index (χ2n) is 3.99. The second kappa shape index (κ2) is 4.85. The molecule has 78 valence electrons. The molecule has 1 aliphatic carbocycles. The molecule has 1 atom stereocenters. The van der Waals surface area contributed by atoms with Gasteiger partial charge in [-0.1, -0.05) is 0 Å². The lowest BCUT2D eigenvalue weighted by molar-refractivity contribution is 0.193. The van der Waals surface area contributed by atoms with Crippen LogP contribution in [-0.4, -0.2) is 30.6 Å². The van der Waals surface area contributed by atoms with Crippen molar-refractivity contribution >= 4 is 6.03 Å². The van der Waals surface area contributed by atoms with Crippen molar-refractivity contribution in [3.05, 3.63) is 0 Å². The SMILES string of the molecule is CC(C#N)CN(C)C(=O)NC1CCC1. The fourth-order valence-corrected chi connectivity index (χ4v) is 1.37. The average molecular weight is 195 g/mol. The number of amides is 2. The molecule has 14 heavy (non-hydrogen) atoms. The summed E-state index contributed by atoms with van der Waals surface area (Å²) >= 11 is 0. The molecule has 0 saturated heterocycles. The first-order valence-corrected chi connectivity index (χ1v) is 5.04. The van der Waals surface area contributed by atoms with Gasteiger partial charge < -0.3 is 10.2 Å². The number of urea groups is 1. The Balaban J connectivity index is 2.25. The zero-order chi connectivity index (χ0) is 10.6. The van der Waals surface area contributed by atoms with E-state index in [-0.39, 0.29) is 11.9 Å². The smallest absolute Gasteiger partial charge is 0.317 e. The van der Waals surface area contributed by atoms with Gasteiger partial charge in [0.15, 0.2) is 0 Å². The highest BCUT2D eigenvalue weighted by Crippen LogP contribution is 2.18. The Morgan fingerprint density at radius 3 is 2.79 bits per heavy atom. The summed E-state index contributed by atoms with van der Waals surface area (Å²) < 4.78 is 0. The molecule has 1 saturated carbocycles. The van der Waals surface area contributed by atoms with E-state index in [1.54, 1.807) is 11.9 Å². The summed E-state index contributed by atoms with van der Waals surface area (Å²) in [5.74, 6) is -0.104. The molecule has 1 rings (SSSR count). The van der Waals surface area contributed by atoms with Crippen LogP contribution in [-0.2, 0) is 0 Å². The summed E-state index contributed by atoms with van der Waals surface area (Å²) in [5, 5.41) is 11.5. The van der Waals surface area contributed by atoms with Crippen LogP contribution in [0.3, 0.4) is 0 Å².